The molecule has 0 saturated carbocycles. The first-order chi connectivity index (χ1) is 31.0. The second-order valence-electron chi connectivity index (χ2n) is 20.3. The van der Waals surface area contributed by atoms with Gasteiger partial charge in [0, 0.05) is 6.42 Å². The van der Waals surface area contributed by atoms with Crippen molar-refractivity contribution in [2.45, 2.75) is 283 Å². The van der Waals surface area contributed by atoms with Gasteiger partial charge in [0.15, 0.2) is 0 Å². The van der Waals surface area contributed by atoms with Crippen LogP contribution in [-0.4, -0.2) is 68.5 Å². The van der Waals surface area contributed by atoms with Gasteiger partial charge in [0.1, 0.15) is 13.2 Å². The Morgan fingerprint density at radius 2 is 0.875 bits per heavy atom. The van der Waals surface area contributed by atoms with Crippen molar-refractivity contribution in [3.63, 3.8) is 0 Å². The fourth-order valence-corrected chi connectivity index (χ4v) is 9.01. The SMILES string of the molecule is CCCCCCCCCCCCCCCCC/C=C/CC/C=C/C(O)C(COP(=O)([O-])OCC[N+](C)(C)C)NC(=O)CCCCCCCCCCCCCCCCCCCCCCC. The summed E-state index contributed by atoms with van der Waals surface area (Å²) in [6, 6.07) is -0.899. The molecule has 0 aliphatic carbocycles. The van der Waals surface area contributed by atoms with Gasteiger partial charge >= 0.3 is 0 Å². The van der Waals surface area contributed by atoms with E-state index in [0.29, 0.717) is 17.4 Å². The minimum absolute atomic E-state index is 0.00378. The molecule has 0 bridgehead atoms. The van der Waals surface area contributed by atoms with Gasteiger partial charge < -0.3 is 28.8 Å². The molecular weight excluding hydrogens is 816 g/mol. The topological polar surface area (TPSA) is 108 Å². The zero-order valence-electron chi connectivity index (χ0n) is 43.3. The summed E-state index contributed by atoms with van der Waals surface area (Å²) in [5, 5.41) is 13.9. The minimum Gasteiger partial charge on any atom is -0.756 e. The van der Waals surface area contributed by atoms with Crippen LogP contribution in [0.5, 0.6) is 0 Å². The molecule has 1 amide bonds. The molecule has 9 heteroatoms. The van der Waals surface area contributed by atoms with E-state index in [9.17, 15) is 19.4 Å². The normalized spacial score (nSPS) is 14.2. The van der Waals surface area contributed by atoms with Crippen LogP contribution in [-0.2, 0) is 18.4 Å². The van der Waals surface area contributed by atoms with Gasteiger partial charge in [-0.15, -0.1) is 0 Å². The number of phosphoric ester groups is 1. The molecule has 0 aliphatic rings. The number of hydrogen-bond acceptors (Lipinski definition) is 6. The molecule has 8 nitrogen and oxygen atoms in total. The van der Waals surface area contributed by atoms with Gasteiger partial charge in [-0.1, -0.05) is 256 Å². The number of nitrogens with one attached hydrogen (secondary N) is 1. The van der Waals surface area contributed by atoms with Crippen LogP contribution in [0.3, 0.4) is 0 Å². The highest BCUT2D eigenvalue weighted by molar-refractivity contribution is 7.45. The zero-order chi connectivity index (χ0) is 47.1. The van der Waals surface area contributed by atoms with E-state index in [0.717, 1.165) is 38.5 Å². The Bertz CT molecular complexity index is 1090. The average molecular weight is 925 g/mol. The maximum Gasteiger partial charge on any atom is 0.268 e. The van der Waals surface area contributed by atoms with Crippen LogP contribution in [0.15, 0.2) is 24.3 Å². The molecule has 3 atom stereocenters. The number of nitrogens with zero attached hydrogens (tertiary/aromatic N) is 1. The standard InChI is InChI=1S/C55H109N2O6P/c1-6-8-10-12-14-16-18-20-22-24-26-28-30-32-34-36-38-40-42-44-46-48-54(58)53(52-63-64(60,61)62-51-50-57(3,4)5)56-55(59)49-47-45-43-41-39-37-35-33-31-29-27-25-23-21-19-17-15-13-11-9-7-2/h38,40,46,48,53-54,58H,6-37,39,41-45,47,49-52H2,1-5H3,(H-,56,59,60,61)/b40-38+,48-46+. The lowest BCUT2D eigenvalue weighted by atomic mass is 10.0. The van der Waals surface area contributed by atoms with Gasteiger partial charge in [-0.3, -0.25) is 9.36 Å². The maximum atomic E-state index is 12.9. The van der Waals surface area contributed by atoms with Crippen molar-refractivity contribution in [3.8, 4) is 0 Å². The summed E-state index contributed by atoms with van der Waals surface area (Å²) in [7, 11) is 1.26. The van der Waals surface area contributed by atoms with E-state index in [-0.39, 0.29) is 19.1 Å². The molecule has 0 saturated heterocycles. The number of carbonyl (C=O) groups excluding carboxylic acids is 1. The molecule has 0 heterocycles. The van der Waals surface area contributed by atoms with Crippen molar-refractivity contribution in [1.29, 1.82) is 0 Å². The number of likely N-dealkylation sites (N-methyl/N-ethyl adjacent to an activating group) is 1. The van der Waals surface area contributed by atoms with E-state index < -0.39 is 20.0 Å². The molecule has 0 aromatic rings. The van der Waals surface area contributed by atoms with Gasteiger partial charge in [0.25, 0.3) is 7.82 Å². The van der Waals surface area contributed by atoms with Crippen LogP contribution in [0.1, 0.15) is 271 Å². The number of hydrogen-bond donors (Lipinski definition) is 2. The summed E-state index contributed by atoms with van der Waals surface area (Å²) < 4.78 is 23.3. The fourth-order valence-electron chi connectivity index (χ4n) is 8.29. The third-order valence-corrected chi connectivity index (χ3v) is 13.6. The minimum atomic E-state index is -4.60. The maximum absolute atomic E-state index is 12.9. The van der Waals surface area contributed by atoms with Crippen LogP contribution in [0.25, 0.3) is 0 Å². The quantitative estimate of drug-likeness (QED) is 0.0272. The van der Waals surface area contributed by atoms with Crippen LogP contribution in [0.4, 0.5) is 0 Å². The van der Waals surface area contributed by atoms with Gasteiger partial charge in [0.05, 0.1) is 39.9 Å². The average Bonchev–Trinajstić information content (AvgIpc) is 3.25. The molecule has 0 aliphatic heterocycles. The van der Waals surface area contributed by atoms with Crippen molar-refractivity contribution >= 4 is 13.7 Å². The van der Waals surface area contributed by atoms with Crippen LogP contribution < -0.4 is 10.2 Å². The molecule has 0 rings (SSSR count). The number of aliphatic hydroxyl groups excluding tert-OH is 1. The summed E-state index contributed by atoms with van der Waals surface area (Å²) >= 11 is 0. The van der Waals surface area contributed by atoms with E-state index in [1.165, 1.54) is 212 Å². The van der Waals surface area contributed by atoms with Crippen molar-refractivity contribution in [2.24, 2.45) is 0 Å². The number of aliphatic hydroxyl groups is 1. The van der Waals surface area contributed by atoms with E-state index in [4.69, 9.17) is 9.05 Å². The van der Waals surface area contributed by atoms with Crippen LogP contribution in [0.2, 0.25) is 0 Å². The second-order valence-corrected chi connectivity index (χ2v) is 21.7. The van der Waals surface area contributed by atoms with Gasteiger partial charge in [-0.05, 0) is 32.1 Å². The molecule has 0 fully saturated rings. The van der Waals surface area contributed by atoms with E-state index in [2.05, 4.69) is 31.3 Å². The van der Waals surface area contributed by atoms with E-state index in [1.54, 1.807) is 6.08 Å². The van der Waals surface area contributed by atoms with Crippen molar-refractivity contribution in [1.82, 2.24) is 5.32 Å². The Morgan fingerprint density at radius 1 is 0.531 bits per heavy atom. The van der Waals surface area contributed by atoms with Crippen molar-refractivity contribution in [2.75, 3.05) is 40.9 Å². The first kappa shape index (κ1) is 63.0. The molecular formula is C55H109N2O6P. The fraction of sp³-hybridized carbons (Fsp3) is 0.909. The largest absolute Gasteiger partial charge is 0.756 e. The predicted octanol–water partition coefficient (Wildman–Crippen LogP) is 15.8. The molecule has 64 heavy (non-hydrogen) atoms. The number of phosphoric acid groups is 1. The summed E-state index contributed by atoms with van der Waals surface area (Å²) in [6.07, 6.45) is 58.2. The highest BCUT2D eigenvalue weighted by atomic mass is 31.2. The lowest BCUT2D eigenvalue weighted by molar-refractivity contribution is -0.870. The molecule has 0 aromatic heterocycles. The van der Waals surface area contributed by atoms with Gasteiger partial charge in [-0.25, -0.2) is 0 Å². The van der Waals surface area contributed by atoms with Gasteiger partial charge in [-0.2, -0.15) is 0 Å². The number of quaternary nitrogens is 1. The smallest absolute Gasteiger partial charge is 0.268 e. The van der Waals surface area contributed by atoms with Crippen molar-refractivity contribution < 1.29 is 32.9 Å². The van der Waals surface area contributed by atoms with E-state index in [1.807, 2.05) is 27.2 Å². The molecule has 0 spiro atoms. The predicted molar refractivity (Wildman–Crippen MR) is 275 cm³/mol. The third-order valence-electron chi connectivity index (χ3n) is 12.7. The van der Waals surface area contributed by atoms with Gasteiger partial charge in [0.2, 0.25) is 5.91 Å². The number of allylic oxidation sites excluding steroid dienone is 3. The molecule has 2 N–H and O–H groups in total. The van der Waals surface area contributed by atoms with Crippen LogP contribution in [0, 0.1) is 0 Å². The van der Waals surface area contributed by atoms with E-state index >= 15 is 0 Å². The summed E-state index contributed by atoms with van der Waals surface area (Å²) in [5.74, 6) is -0.202. The Labute approximate surface area is 398 Å². The first-order valence-electron chi connectivity index (χ1n) is 27.7. The Hall–Kier alpha value is -1.02. The summed E-state index contributed by atoms with van der Waals surface area (Å²) in [6.45, 7) is 4.67. The molecule has 380 valence electrons. The van der Waals surface area contributed by atoms with Crippen molar-refractivity contribution in [3.05, 3.63) is 24.3 Å². The number of unbranched alkanes of at least 4 members (excludes halogenated alkanes) is 36. The second kappa shape index (κ2) is 47.1. The number of amides is 1. The first-order valence-corrected chi connectivity index (χ1v) is 29.2. The summed E-state index contributed by atoms with van der Waals surface area (Å²) in [4.78, 5) is 25.5. The lowest BCUT2D eigenvalue weighted by Crippen LogP contribution is -2.45. The molecule has 0 radical (unpaired) electrons. The molecule has 0 aromatic carbocycles. The third kappa shape index (κ3) is 48.9. The van der Waals surface area contributed by atoms with Crippen LogP contribution >= 0.6 is 7.82 Å². The molecule has 3 unspecified atom stereocenters. The Balaban J connectivity index is 4.27. The zero-order valence-corrected chi connectivity index (χ0v) is 44.1. The highest BCUT2D eigenvalue weighted by Gasteiger charge is 2.23. The lowest BCUT2D eigenvalue weighted by Gasteiger charge is -2.29. The monoisotopic (exact) mass is 925 g/mol. The highest BCUT2D eigenvalue weighted by Crippen LogP contribution is 2.38. The number of carbonyl (C=O) groups is 1. The Morgan fingerprint density at radius 3 is 1.27 bits per heavy atom. The number of rotatable bonds is 51. The summed E-state index contributed by atoms with van der Waals surface area (Å²) in [5.41, 5.74) is 0. The Kier molecular flexibility index (Phi) is 46.3.